The second kappa shape index (κ2) is 6.00. The first kappa shape index (κ1) is 12.3. The predicted octanol–water partition coefficient (Wildman–Crippen LogP) is 2.93. The number of thiophene rings is 1. The van der Waals surface area contributed by atoms with Gasteiger partial charge in [0.15, 0.2) is 0 Å². The Morgan fingerprint density at radius 1 is 1.47 bits per heavy atom. The number of rotatable bonds is 5. The molecule has 0 aliphatic carbocycles. The average Bonchev–Trinajstić information content (AvgIpc) is 2.84. The van der Waals surface area contributed by atoms with E-state index in [2.05, 4.69) is 33.8 Å². The normalized spacial score (nSPS) is 10.5. The number of hydrogen-bond donors (Lipinski definition) is 2. The van der Waals surface area contributed by atoms with Gasteiger partial charge in [-0.25, -0.2) is 15.8 Å². The number of anilines is 1. The molecule has 0 aromatic carbocycles. The minimum atomic E-state index is 0.723. The number of hydrogen-bond acceptors (Lipinski definition) is 6. The van der Waals surface area contributed by atoms with Crippen LogP contribution in [0.25, 0.3) is 0 Å². The summed E-state index contributed by atoms with van der Waals surface area (Å²) < 4.78 is 1.23. The van der Waals surface area contributed by atoms with Crippen LogP contribution in [0, 0.1) is 0 Å². The summed E-state index contributed by atoms with van der Waals surface area (Å²) in [4.78, 5) is 8.49. The van der Waals surface area contributed by atoms with Gasteiger partial charge in [-0.1, -0.05) is 31.2 Å². The van der Waals surface area contributed by atoms with Crippen molar-refractivity contribution in [3.8, 4) is 0 Å². The van der Waals surface area contributed by atoms with E-state index >= 15 is 0 Å². The molecule has 2 heterocycles. The fraction of sp³-hybridized carbons (Fsp3) is 0.273. The van der Waals surface area contributed by atoms with Gasteiger partial charge in [0, 0.05) is 5.56 Å². The zero-order valence-corrected chi connectivity index (χ0v) is 11.1. The highest BCUT2D eigenvalue weighted by Crippen LogP contribution is 2.34. The first-order valence-electron chi connectivity index (χ1n) is 5.37. The molecule has 0 aliphatic heterocycles. The van der Waals surface area contributed by atoms with Gasteiger partial charge in [-0.05, 0) is 17.9 Å². The lowest BCUT2D eigenvalue weighted by molar-refractivity contribution is 0.856. The van der Waals surface area contributed by atoms with Gasteiger partial charge >= 0.3 is 0 Å². The monoisotopic (exact) mass is 266 g/mol. The highest BCUT2D eigenvalue weighted by atomic mass is 32.2. The van der Waals surface area contributed by atoms with Crippen LogP contribution in [0.2, 0.25) is 0 Å². The first-order valence-corrected chi connectivity index (χ1v) is 7.06. The molecule has 90 valence electrons. The highest BCUT2D eigenvalue weighted by molar-refractivity contribution is 8.01. The van der Waals surface area contributed by atoms with E-state index < -0.39 is 0 Å². The summed E-state index contributed by atoms with van der Waals surface area (Å²) in [6.07, 6.45) is 3.51. The van der Waals surface area contributed by atoms with Gasteiger partial charge < -0.3 is 5.43 Å². The van der Waals surface area contributed by atoms with Crippen molar-refractivity contribution in [3.63, 3.8) is 0 Å². The smallest absolute Gasteiger partial charge is 0.147 e. The van der Waals surface area contributed by atoms with Gasteiger partial charge in [0.2, 0.25) is 0 Å². The molecule has 0 fully saturated rings. The quantitative estimate of drug-likeness (QED) is 0.495. The van der Waals surface area contributed by atoms with E-state index in [1.165, 1.54) is 4.21 Å². The van der Waals surface area contributed by atoms with Crippen molar-refractivity contribution in [1.82, 2.24) is 9.97 Å². The standard InChI is InChI=1S/C11H14N4S2/c1-2-4-8-10(15-12)13-7-14-11(8)17-9-5-3-6-16-9/h3,5-7H,2,4,12H2,1H3,(H,13,14,15). The lowest BCUT2D eigenvalue weighted by Crippen LogP contribution is -2.12. The van der Waals surface area contributed by atoms with Crippen LogP contribution >= 0.6 is 23.1 Å². The maximum absolute atomic E-state index is 5.48. The number of aromatic nitrogens is 2. The molecule has 0 aliphatic rings. The number of nitrogens with one attached hydrogen (secondary N) is 1. The molecular formula is C11H14N4S2. The summed E-state index contributed by atoms with van der Waals surface area (Å²) in [6.45, 7) is 2.13. The summed E-state index contributed by atoms with van der Waals surface area (Å²) >= 11 is 3.37. The molecular weight excluding hydrogens is 252 g/mol. The van der Waals surface area contributed by atoms with Crippen molar-refractivity contribution >= 4 is 28.9 Å². The topological polar surface area (TPSA) is 63.8 Å². The van der Waals surface area contributed by atoms with Crippen LogP contribution in [-0.2, 0) is 6.42 Å². The van der Waals surface area contributed by atoms with Crippen LogP contribution in [0.3, 0.4) is 0 Å². The van der Waals surface area contributed by atoms with Crippen LogP contribution in [-0.4, -0.2) is 9.97 Å². The van der Waals surface area contributed by atoms with Crippen molar-refractivity contribution in [1.29, 1.82) is 0 Å². The molecule has 2 aromatic rings. The van der Waals surface area contributed by atoms with Gasteiger partial charge in [0.05, 0.1) is 4.21 Å². The minimum Gasteiger partial charge on any atom is -0.308 e. The Labute approximate surface area is 109 Å². The van der Waals surface area contributed by atoms with E-state index in [1.54, 1.807) is 29.4 Å². The molecule has 2 rings (SSSR count). The maximum Gasteiger partial charge on any atom is 0.147 e. The van der Waals surface area contributed by atoms with Crippen LogP contribution < -0.4 is 11.3 Å². The SMILES string of the molecule is CCCc1c(NN)ncnc1Sc1cccs1. The second-order valence-corrected chi connectivity index (χ2v) is 5.67. The number of nitrogens with two attached hydrogens (primary N) is 1. The van der Waals surface area contributed by atoms with Crippen molar-refractivity contribution in [2.45, 2.75) is 29.0 Å². The van der Waals surface area contributed by atoms with Gasteiger partial charge in [0.1, 0.15) is 17.2 Å². The van der Waals surface area contributed by atoms with Crippen LogP contribution in [0.1, 0.15) is 18.9 Å². The third-order valence-electron chi connectivity index (χ3n) is 2.23. The zero-order valence-electron chi connectivity index (χ0n) is 9.51. The summed E-state index contributed by atoms with van der Waals surface area (Å²) in [5, 5.41) is 3.04. The van der Waals surface area contributed by atoms with Crippen molar-refractivity contribution < 1.29 is 0 Å². The third kappa shape index (κ3) is 2.96. The Morgan fingerprint density at radius 2 is 2.35 bits per heavy atom. The van der Waals surface area contributed by atoms with E-state index in [0.717, 1.165) is 29.2 Å². The molecule has 4 nitrogen and oxygen atoms in total. The lowest BCUT2D eigenvalue weighted by Gasteiger charge is -2.10. The maximum atomic E-state index is 5.48. The molecule has 3 N–H and O–H groups in total. The van der Waals surface area contributed by atoms with Gasteiger partial charge in [-0.15, -0.1) is 11.3 Å². The van der Waals surface area contributed by atoms with Crippen LogP contribution in [0.15, 0.2) is 33.1 Å². The van der Waals surface area contributed by atoms with E-state index in [4.69, 9.17) is 5.84 Å². The molecule has 0 amide bonds. The molecule has 6 heteroatoms. The fourth-order valence-electron chi connectivity index (χ4n) is 1.50. The number of nitrogen functional groups attached to an aromatic ring is 1. The summed E-state index contributed by atoms with van der Waals surface area (Å²) in [6, 6.07) is 4.12. The lowest BCUT2D eigenvalue weighted by atomic mass is 10.2. The number of nitrogens with zero attached hydrogens (tertiary/aromatic N) is 2. The molecule has 17 heavy (non-hydrogen) atoms. The predicted molar refractivity (Wildman–Crippen MR) is 72.3 cm³/mol. The van der Waals surface area contributed by atoms with E-state index in [-0.39, 0.29) is 0 Å². The Morgan fingerprint density at radius 3 is 3.00 bits per heavy atom. The highest BCUT2D eigenvalue weighted by Gasteiger charge is 2.11. The second-order valence-electron chi connectivity index (χ2n) is 3.43. The van der Waals surface area contributed by atoms with E-state index in [0.29, 0.717) is 0 Å². The Balaban J connectivity index is 2.31. The van der Waals surface area contributed by atoms with Crippen molar-refractivity contribution in [3.05, 3.63) is 29.4 Å². The molecule has 0 saturated heterocycles. The molecule has 0 unspecified atom stereocenters. The molecule has 0 spiro atoms. The van der Waals surface area contributed by atoms with Gasteiger partial charge in [0.25, 0.3) is 0 Å². The van der Waals surface area contributed by atoms with Crippen molar-refractivity contribution in [2.24, 2.45) is 5.84 Å². The minimum absolute atomic E-state index is 0.723. The zero-order chi connectivity index (χ0) is 12.1. The molecule has 0 radical (unpaired) electrons. The largest absolute Gasteiger partial charge is 0.308 e. The summed E-state index contributed by atoms with van der Waals surface area (Å²) in [5.41, 5.74) is 3.73. The first-order chi connectivity index (χ1) is 8.35. The molecule has 0 bridgehead atoms. The molecule has 0 atom stereocenters. The van der Waals surface area contributed by atoms with Gasteiger partial charge in [-0.3, -0.25) is 0 Å². The van der Waals surface area contributed by atoms with Crippen LogP contribution in [0.5, 0.6) is 0 Å². The summed E-state index contributed by atoms with van der Waals surface area (Å²) in [7, 11) is 0. The third-order valence-corrected chi connectivity index (χ3v) is 4.32. The van der Waals surface area contributed by atoms with Crippen LogP contribution in [0.4, 0.5) is 5.82 Å². The Kier molecular flexibility index (Phi) is 4.36. The van der Waals surface area contributed by atoms with Crippen molar-refractivity contribution in [2.75, 3.05) is 5.43 Å². The summed E-state index contributed by atoms with van der Waals surface area (Å²) in [5.74, 6) is 6.20. The Hall–Kier alpha value is -1.11. The molecule has 2 aromatic heterocycles. The fourth-order valence-corrected chi connectivity index (χ4v) is 3.30. The Bertz CT molecular complexity index is 470. The molecule has 0 saturated carbocycles. The van der Waals surface area contributed by atoms with E-state index in [9.17, 15) is 0 Å². The van der Waals surface area contributed by atoms with Gasteiger partial charge in [-0.2, -0.15) is 0 Å². The number of hydrazine groups is 1. The average molecular weight is 266 g/mol. The van der Waals surface area contributed by atoms with E-state index in [1.807, 2.05) is 6.07 Å².